The van der Waals surface area contributed by atoms with Gasteiger partial charge in [0, 0.05) is 5.56 Å². The average Bonchev–Trinajstić information content (AvgIpc) is 2.72. The van der Waals surface area contributed by atoms with E-state index in [1.54, 1.807) is 31.2 Å². The highest BCUT2D eigenvalue weighted by atomic mass is 16.5. The van der Waals surface area contributed by atoms with Gasteiger partial charge in [0.1, 0.15) is 11.5 Å². The molecule has 2 amide bonds. The van der Waals surface area contributed by atoms with Crippen LogP contribution in [0.3, 0.4) is 0 Å². The zero-order valence-corrected chi connectivity index (χ0v) is 15.9. The fourth-order valence-electron chi connectivity index (χ4n) is 2.21. The first-order valence-electron chi connectivity index (χ1n) is 8.62. The van der Waals surface area contributed by atoms with Crippen LogP contribution in [0.2, 0.25) is 0 Å². The van der Waals surface area contributed by atoms with Gasteiger partial charge in [-0.2, -0.15) is 0 Å². The molecular formula is C20H22N2O6. The van der Waals surface area contributed by atoms with Crippen LogP contribution in [0.5, 0.6) is 11.5 Å². The third-order valence-corrected chi connectivity index (χ3v) is 3.68. The molecule has 0 unspecified atom stereocenters. The molecule has 28 heavy (non-hydrogen) atoms. The van der Waals surface area contributed by atoms with Crippen molar-refractivity contribution in [3.05, 3.63) is 59.7 Å². The van der Waals surface area contributed by atoms with Crippen molar-refractivity contribution in [2.75, 3.05) is 13.7 Å². The highest BCUT2D eigenvalue weighted by Crippen LogP contribution is 2.18. The molecule has 0 bridgehead atoms. The van der Waals surface area contributed by atoms with E-state index in [-0.39, 0.29) is 5.56 Å². The van der Waals surface area contributed by atoms with Gasteiger partial charge in [-0.15, -0.1) is 0 Å². The zero-order chi connectivity index (χ0) is 20.5. The Kier molecular flexibility index (Phi) is 7.38. The molecule has 0 saturated heterocycles. The predicted octanol–water partition coefficient (Wildman–Crippen LogP) is 2.10. The van der Waals surface area contributed by atoms with Gasteiger partial charge in [0.05, 0.1) is 19.3 Å². The summed E-state index contributed by atoms with van der Waals surface area (Å²) >= 11 is 0. The van der Waals surface area contributed by atoms with Crippen LogP contribution in [0.25, 0.3) is 0 Å². The molecule has 0 aliphatic rings. The van der Waals surface area contributed by atoms with Gasteiger partial charge < -0.3 is 14.2 Å². The minimum absolute atomic E-state index is 0.271. The fourth-order valence-corrected chi connectivity index (χ4v) is 2.21. The highest BCUT2D eigenvalue weighted by molar-refractivity contribution is 5.97. The fraction of sp³-hybridized carbons (Fsp3) is 0.250. The van der Waals surface area contributed by atoms with Gasteiger partial charge in [-0.1, -0.05) is 0 Å². The smallest absolute Gasteiger partial charge is 0.337 e. The van der Waals surface area contributed by atoms with E-state index in [2.05, 4.69) is 15.6 Å². The van der Waals surface area contributed by atoms with E-state index in [0.29, 0.717) is 23.7 Å². The van der Waals surface area contributed by atoms with Crippen LogP contribution in [0, 0.1) is 0 Å². The third-order valence-electron chi connectivity index (χ3n) is 3.68. The number of methoxy groups -OCH3 is 1. The molecule has 8 heteroatoms. The molecular weight excluding hydrogens is 364 g/mol. The van der Waals surface area contributed by atoms with E-state index < -0.39 is 23.9 Å². The zero-order valence-electron chi connectivity index (χ0n) is 15.9. The molecule has 0 aromatic heterocycles. The van der Waals surface area contributed by atoms with Crippen molar-refractivity contribution in [1.82, 2.24) is 10.9 Å². The van der Waals surface area contributed by atoms with Crippen molar-refractivity contribution in [3.63, 3.8) is 0 Å². The summed E-state index contributed by atoms with van der Waals surface area (Å²) in [6.45, 7) is 4.01. The first-order valence-corrected chi connectivity index (χ1v) is 8.62. The Morgan fingerprint density at radius 1 is 0.893 bits per heavy atom. The molecule has 8 nitrogen and oxygen atoms in total. The van der Waals surface area contributed by atoms with Crippen LogP contribution in [-0.2, 0) is 9.53 Å². The predicted molar refractivity (Wildman–Crippen MR) is 101 cm³/mol. The van der Waals surface area contributed by atoms with Gasteiger partial charge in [0.15, 0.2) is 6.10 Å². The molecule has 0 aliphatic heterocycles. The molecule has 2 N–H and O–H groups in total. The summed E-state index contributed by atoms with van der Waals surface area (Å²) in [7, 11) is 1.27. The normalized spacial score (nSPS) is 11.1. The molecule has 0 saturated carbocycles. The molecule has 2 rings (SSSR count). The van der Waals surface area contributed by atoms with E-state index in [1.165, 1.54) is 31.4 Å². The Hall–Kier alpha value is -3.55. The number of benzene rings is 2. The van der Waals surface area contributed by atoms with E-state index >= 15 is 0 Å². The van der Waals surface area contributed by atoms with Crippen molar-refractivity contribution in [3.8, 4) is 11.5 Å². The quantitative estimate of drug-likeness (QED) is 0.558. The summed E-state index contributed by atoms with van der Waals surface area (Å²) in [4.78, 5) is 35.6. The van der Waals surface area contributed by atoms with Crippen molar-refractivity contribution in [2.24, 2.45) is 0 Å². The summed E-state index contributed by atoms with van der Waals surface area (Å²) in [6.07, 6.45) is -0.833. The molecule has 0 aliphatic carbocycles. The second-order valence-corrected chi connectivity index (χ2v) is 5.68. The van der Waals surface area contributed by atoms with Gasteiger partial charge in [0.2, 0.25) is 0 Å². The number of rotatable bonds is 7. The third kappa shape index (κ3) is 5.73. The van der Waals surface area contributed by atoms with Crippen molar-refractivity contribution < 1.29 is 28.6 Å². The number of nitrogens with one attached hydrogen (secondary N) is 2. The molecule has 0 spiro atoms. The van der Waals surface area contributed by atoms with Gasteiger partial charge >= 0.3 is 5.97 Å². The second-order valence-electron chi connectivity index (χ2n) is 5.68. The Morgan fingerprint density at radius 3 is 2.04 bits per heavy atom. The molecule has 0 fully saturated rings. The van der Waals surface area contributed by atoms with Crippen LogP contribution in [0.4, 0.5) is 0 Å². The first-order chi connectivity index (χ1) is 13.4. The Bertz CT molecular complexity index is 818. The number of amides is 2. The summed E-state index contributed by atoms with van der Waals surface area (Å²) in [5, 5.41) is 0. The Labute approximate surface area is 162 Å². The number of carbonyl (C=O) groups excluding carboxylic acids is 3. The highest BCUT2D eigenvalue weighted by Gasteiger charge is 2.16. The summed E-state index contributed by atoms with van der Waals surface area (Å²) in [5.74, 6) is -0.347. The molecule has 1 atom stereocenters. The molecule has 0 heterocycles. The van der Waals surface area contributed by atoms with Crippen LogP contribution >= 0.6 is 0 Å². The second kappa shape index (κ2) is 9.96. The summed E-state index contributed by atoms with van der Waals surface area (Å²) in [5.41, 5.74) is 5.19. The van der Waals surface area contributed by atoms with Crippen LogP contribution in [-0.4, -0.2) is 37.6 Å². The Balaban J connectivity index is 1.84. The molecule has 148 valence electrons. The van der Waals surface area contributed by atoms with Crippen LogP contribution in [0.15, 0.2) is 48.5 Å². The monoisotopic (exact) mass is 386 g/mol. The standard InChI is InChI=1S/C20H22N2O6/c1-4-27-16-9-11-17(12-10-16)28-13(2)18(23)21-22-19(24)14-5-7-15(8-6-14)20(25)26-3/h5-13H,4H2,1-3H3,(H,21,23)(H,22,24)/t13-/m1/s1. The lowest BCUT2D eigenvalue weighted by Gasteiger charge is -2.15. The number of hydrazine groups is 1. The van der Waals surface area contributed by atoms with Crippen molar-refractivity contribution in [1.29, 1.82) is 0 Å². The van der Waals surface area contributed by atoms with Gasteiger partial charge in [-0.3, -0.25) is 20.4 Å². The van der Waals surface area contributed by atoms with Gasteiger partial charge in [0.25, 0.3) is 11.8 Å². The molecule has 2 aromatic rings. The minimum Gasteiger partial charge on any atom is -0.494 e. The topological polar surface area (TPSA) is 103 Å². The van der Waals surface area contributed by atoms with Crippen molar-refractivity contribution >= 4 is 17.8 Å². The van der Waals surface area contributed by atoms with Gasteiger partial charge in [-0.05, 0) is 62.4 Å². The molecule has 0 radical (unpaired) electrons. The summed E-state index contributed by atoms with van der Waals surface area (Å²) < 4.78 is 15.5. The summed E-state index contributed by atoms with van der Waals surface area (Å²) in [6, 6.07) is 12.7. The number of hydrogen-bond acceptors (Lipinski definition) is 6. The number of esters is 1. The van der Waals surface area contributed by atoms with Crippen LogP contribution < -0.4 is 20.3 Å². The first kappa shape index (κ1) is 20.8. The van der Waals surface area contributed by atoms with E-state index in [4.69, 9.17) is 9.47 Å². The maximum absolute atomic E-state index is 12.1. The van der Waals surface area contributed by atoms with E-state index in [1.807, 2.05) is 6.92 Å². The largest absolute Gasteiger partial charge is 0.494 e. The average molecular weight is 386 g/mol. The van der Waals surface area contributed by atoms with E-state index in [9.17, 15) is 14.4 Å². The maximum atomic E-state index is 12.1. The van der Waals surface area contributed by atoms with Gasteiger partial charge in [-0.25, -0.2) is 4.79 Å². The van der Waals surface area contributed by atoms with E-state index in [0.717, 1.165) is 0 Å². The number of ether oxygens (including phenoxy) is 3. The van der Waals surface area contributed by atoms with Crippen LogP contribution in [0.1, 0.15) is 34.6 Å². The number of carbonyl (C=O) groups is 3. The lowest BCUT2D eigenvalue weighted by molar-refractivity contribution is -0.128. The number of hydrogen-bond donors (Lipinski definition) is 2. The molecule has 2 aromatic carbocycles. The maximum Gasteiger partial charge on any atom is 0.337 e. The Morgan fingerprint density at radius 2 is 1.46 bits per heavy atom. The SMILES string of the molecule is CCOc1ccc(O[C@H](C)C(=O)NNC(=O)c2ccc(C(=O)OC)cc2)cc1. The lowest BCUT2D eigenvalue weighted by Crippen LogP contribution is -2.47. The lowest BCUT2D eigenvalue weighted by atomic mass is 10.1. The van der Waals surface area contributed by atoms with Crippen molar-refractivity contribution in [2.45, 2.75) is 20.0 Å². The minimum atomic E-state index is -0.833.